The molecule has 1 N–H and O–H groups in total. The van der Waals surface area contributed by atoms with Gasteiger partial charge in [0.2, 0.25) is 0 Å². The summed E-state index contributed by atoms with van der Waals surface area (Å²) in [6, 6.07) is 4.24. The molecule has 1 aromatic carbocycles. The van der Waals surface area contributed by atoms with E-state index in [1.807, 2.05) is 0 Å². The molecule has 96 valence electrons. The van der Waals surface area contributed by atoms with E-state index in [0.29, 0.717) is 5.92 Å². The first kappa shape index (κ1) is 13.1. The smallest absolute Gasteiger partial charge is 0.122 e. The van der Waals surface area contributed by atoms with Crippen molar-refractivity contribution in [3.63, 3.8) is 0 Å². The van der Waals surface area contributed by atoms with Crippen LogP contribution in [-0.4, -0.2) is 17.1 Å². The Hall–Kier alpha value is -1.29. The predicted octanol–water partition coefficient (Wildman–Crippen LogP) is 4.28. The number of benzene rings is 1. The highest BCUT2D eigenvalue weighted by Crippen LogP contribution is 2.35. The highest BCUT2D eigenvalue weighted by molar-refractivity contribution is 9.10. The van der Waals surface area contributed by atoms with Crippen molar-refractivity contribution in [3.05, 3.63) is 34.2 Å². The van der Waals surface area contributed by atoms with Crippen LogP contribution in [0.15, 0.2) is 23.1 Å². The number of aromatic nitrogens is 2. The number of nitrogens with zero attached hydrogens (tertiary/aromatic N) is 1. The first-order valence-corrected chi connectivity index (χ1v) is 6.71. The molecule has 0 radical (unpaired) electrons. The average molecular weight is 309 g/mol. The number of hydrogen-bond donors (Lipinski definition) is 1. The molecule has 0 bridgehead atoms. The summed E-state index contributed by atoms with van der Waals surface area (Å²) in [7, 11) is 1.71. The van der Waals surface area contributed by atoms with Crippen molar-refractivity contribution >= 4 is 15.9 Å². The number of ether oxygens (including phenoxy) is 1. The Morgan fingerprint density at radius 1 is 1.33 bits per heavy atom. The van der Waals surface area contributed by atoms with Crippen molar-refractivity contribution in [2.75, 3.05) is 7.11 Å². The molecule has 0 fully saturated rings. The molecule has 18 heavy (non-hydrogen) atoms. The van der Waals surface area contributed by atoms with Gasteiger partial charge in [-0.2, -0.15) is 0 Å². The number of rotatable bonds is 3. The molecule has 0 saturated heterocycles. The second-order valence-electron chi connectivity index (χ2n) is 4.63. The molecule has 1 aromatic heterocycles. The van der Waals surface area contributed by atoms with E-state index in [1.165, 1.54) is 5.56 Å². The standard InChI is InChI=1S/C14H17BrN2O/c1-8(2)10-6-11(9(3)5-12(10)18-4)13-14(15)17-7-16-13/h5-8H,1-4H3,(H,16,17). The zero-order chi connectivity index (χ0) is 13.3. The van der Waals surface area contributed by atoms with Gasteiger partial charge in [-0.25, -0.2) is 4.98 Å². The van der Waals surface area contributed by atoms with Gasteiger partial charge in [0, 0.05) is 5.56 Å². The zero-order valence-electron chi connectivity index (χ0n) is 11.0. The normalized spacial score (nSPS) is 11.0. The number of methoxy groups -OCH3 is 1. The van der Waals surface area contributed by atoms with Crippen LogP contribution >= 0.6 is 15.9 Å². The highest BCUT2D eigenvalue weighted by Gasteiger charge is 2.15. The van der Waals surface area contributed by atoms with E-state index in [1.54, 1.807) is 13.4 Å². The molecule has 1 heterocycles. The molecule has 0 spiro atoms. The molecule has 0 aliphatic carbocycles. The van der Waals surface area contributed by atoms with Crippen LogP contribution in [-0.2, 0) is 0 Å². The maximum absolute atomic E-state index is 5.45. The van der Waals surface area contributed by atoms with E-state index < -0.39 is 0 Å². The fraction of sp³-hybridized carbons (Fsp3) is 0.357. The average Bonchev–Trinajstić information content (AvgIpc) is 2.74. The largest absolute Gasteiger partial charge is 0.496 e. The molecule has 3 nitrogen and oxygen atoms in total. The van der Waals surface area contributed by atoms with E-state index >= 15 is 0 Å². The van der Waals surface area contributed by atoms with Crippen LogP contribution in [0.5, 0.6) is 5.75 Å². The molecule has 0 amide bonds. The van der Waals surface area contributed by atoms with E-state index in [4.69, 9.17) is 4.74 Å². The van der Waals surface area contributed by atoms with Crippen LogP contribution in [0.2, 0.25) is 0 Å². The highest BCUT2D eigenvalue weighted by atomic mass is 79.9. The Morgan fingerprint density at radius 2 is 2.06 bits per heavy atom. The van der Waals surface area contributed by atoms with Crippen LogP contribution in [0.4, 0.5) is 0 Å². The molecule has 0 unspecified atom stereocenters. The van der Waals surface area contributed by atoms with Crippen molar-refractivity contribution in [2.45, 2.75) is 26.7 Å². The third-order valence-corrected chi connectivity index (χ3v) is 3.65. The molecular weight excluding hydrogens is 292 g/mol. The summed E-state index contributed by atoms with van der Waals surface area (Å²) in [5, 5.41) is 0. The lowest BCUT2D eigenvalue weighted by Crippen LogP contribution is -1.97. The lowest BCUT2D eigenvalue weighted by atomic mass is 9.95. The first-order chi connectivity index (χ1) is 8.54. The lowest BCUT2D eigenvalue weighted by molar-refractivity contribution is 0.407. The van der Waals surface area contributed by atoms with Gasteiger partial charge < -0.3 is 9.72 Å². The minimum atomic E-state index is 0.414. The number of nitrogens with one attached hydrogen (secondary N) is 1. The fourth-order valence-corrected chi connectivity index (χ4v) is 2.47. The van der Waals surface area contributed by atoms with Crippen LogP contribution < -0.4 is 4.74 Å². The number of H-pyrrole nitrogens is 1. The fourth-order valence-electron chi connectivity index (χ4n) is 2.05. The van der Waals surface area contributed by atoms with E-state index in [2.05, 4.69) is 58.8 Å². The zero-order valence-corrected chi connectivity index (χ0v) is 12.6. The van der Waals surface area contributed by atoms with Gasteiger partial charge in [0.25, 0.3) is 0 Å². The van der Waals surface area contributed by atoms with Gasteiger partial charge in [-0.3, -0.25) is 0 Å². The Kier molecular flexibility index (Phi) is 3.76. The van der Waals surface area contributed by atoms with Gasteiger partial charge in [0.15, 0.2) is 0 Å². The summed E-state index contributed by atoms with van der Waals surface area (Å²) in [5.74, 6) is 1.36. The number of aryl methyl sites for hydroxylation is 1. The number of halogens is 1. The Bertz CT molecular complexity index is 561. The minimum absolute atomic E-state index is 0.414. The van der Waals surface area contributed by atoms with Crippen LogP contribution in [0.25, 0.3) is 11.3 Å². The van der Waals surface area contributed by atoms with Crippen LogP contribution in [0.1, 0.15) is 30.9 Å². The molecule has 4 heteroatoms. The van der Waals surface area contributed by atoms with E-state index in [9.17, 15) is 0 Å². The van der Waals surface area contributed by atoms with Gasteiger partial charge in [-0.05, 0) is 52.0 Å². The SMILES string of the molecule is COc1cc(C)c(-c2nc[nH]c2Br)cc1C(C)C. The van der Waals surface area contributed by atoms with Crippen LogP contribution in [0.3, 0.4) is 0 Å². The monoisotopic (exact) mass is 308 g/mol. The Morgan fingerprint density at radius 3 is 2.56 bits per heavy atom. The number of hydrogen-bond acceptors (Lipinski definition) is 2. The van der Waals surface area contributed by atoms with Gasteiger partial charge in [-0.1, -0.05) is 13.8 Å². The summed E-state index contributed by atoms with van der Waals surface area (Å²) < 4.78 is 6.36. The summed E-state index contributed by atoms with van der Waals surface area (Å²) >= 11 is 3.49. The first-order valence-electron chi connectivity index (χ1n) is 5.92. The van der Waals surface area contributed by atoms with Gasteiger partial charge in [0.05, 0.1) is 13.4 Å². The third kappa shape index (κ3) is 2.29. The molecule has 0 atom stereocenters. The Labute approximate surface area is 116 Å². The molecular formula is C14H17BrN2O. The van der Waals surface area contributed by atoms with Gasteiger partial charge in [0.1, 0.15) is 16.0 Å². The van der Waals surface area contributed by atoms with Crippen molar-refractivity contribution in [3.8, 4) is 17.0 Å². The van der Waals surface area contributed by atoms with Crippen LogP contribution in [0, 0.1) is 6.92 Å². The summed E-state index contributed by atoms with van der Waals surface area (Å²) in [5.41, 5.74) is 4.43. The molecule has 0 saturated carbocycles. The predicted molar refractivity (Wildman–Crippen MR) is 77.1 cm³/mol. The van der Waals surface area contributed by atoms with Gasteiger partial charge >= 0.3 is 0 Å². The maximum Gasteiger partial charge on any atom is 0.122 e. The second kappa shape index (κ2) is 5.14. The van der Waals surface area contributed by atoms with Crippen molar-refractivity contribution < 1.29 is 4.74 Å². The molecule has 2 aromatic rings. The summed E-state index contributed by atoms with van der Waals surface area (Å²) in [6.45, 7) is 6.40. The van der Waals surface area contributed by atoms with Gasteiger partial charge in [-0.15, -0.1) is 0 Å². The Balaban J connectivity index is 2.62. The molecule has 0 aliphatic rings. The van der Waals surface area contributed by atoms with E-state index in [-0.39, 0.29) is 0 Å². The van der Waals surface area contributed by atoms with Crippen molar-refractivity contribution in [1.82, 2.24) is 9.97 Å². The van der Waals surface area contributed by atoms with Crippen molar-refractivity contribution in [2.24, 2.45) is 0 Å². The second-order valence-corrected chi connectivity index (χ2v) is 5.42. The van der Waals surface area contributed by atoms with E-state index in [0.717, 1.165) is 27.2 Å². The minimum Gasteiger partial charge on any atom is -0.496 e. The number of aromatic amines is 1. The summed E-state index contributed by atoms with van der Waals surface area (Å²) in [4.78, 5) is 7.41. The quantitative estimate of drug-likeness (QED) is 0.919. The molecule has 0 aliphatic heterocycles. The molecule has 2 rings (SSSR count). The van der Waals surface area contributed by atoms with Crippen molar-refractivity contribution in [1.29, 1.82) is 0 Å². The maximum atomic E-state index is 5.45. The topological polar surface area (TPSA) is 37.9 Å². The third-order valence-electron chi connectivity index (χ3n) is 3.05. The lowest BCUT2D eigenvalue weighted by Gasteiger charge is -2.15. The number of imidazole rings is 1. The summed E-state index contributed by atoms with van der Waals surface area (Å²) in [6.07, 6.45) is 1.69.